The second kappa shape index (κ2) is 5.17. The van der Waals surface area contributed by atoms with Gasteiger partial charge < -0.3 is 10.0 Å². The topological polar surface area (TPSA) is 40.5 Å². The summed E-state index contributed by atoms with van der Waals surface area (Å²) >= 11 is 0. The lowest BCUT2D eigenvalue weighted by molar-refractivity contribution is -0.140. The van der Waals surface area contributed by atoms with Crippen molar-refractivity contribution in [2.75, 3.05) is 13.1 Å². The van der Waals surface area contributed by atoms with E-state index >= 15 is 0 Å². The molecule has 1 N–H and O–H groups in total. The first-order valence-corrected chi connectivity index (χ1v) is 6.32. The molecule has 1 fully saturated rings. The van der Waals surface area contributed by atoms with Crippen LogP contribution in [0.15, 0.2) is 0 Å². The Morgan fingerprint density at radius 2 is 2.19 bits per heavy atom. The van der Waals surface area contributed by atoms with Crippen LogP contribution in [-0.2, 0) is 4.79 Å². The van der Waals surface area contributed by atoms with Crippen LogP contribution in [0.2, 0.25) is 0 Å². The Bertz CT molecular complexity index is 250. The Labute approximate surface area is 98.8 Å². The summed E-state index contributed by atoms with van der Waals surface area (Å²) in [6, 6.07) is 0.616. The van der Waals surface area contributed by atoms with Gasteiger partial charge in [0.05, 0.1) is 0 Å². The maximum atomic E-state index is 10.8. The number of carboxylic acids is 1. The van der Waals surface area contributed by atoms with Crippen molar-refractivity contribution in [3.63, 3.8) is 0 Å². The van der Waals surface area contributed by atoms with Crippen molar-refractivity contribution in [3.05, 3.63) is 0 Å². The van der Waals surface area contributed by atoms with Crippen molar-refractivity contribution in [2.24, 2.45) is 11.3 Å². The zero-order valence-corrected chi connectivity index (χ0v) is 11.0. The van der Waals surface area contributed by atoms with Crippen molar-refractivity contribution in [2.45, 2.75) is 53.0 Å². The van der Waals surface area contributed by atoms with Gasteiger partial charge in [0.1, 0.15) is 0 Å². The molecule has 0 aromatic heterocycles. The van der Waals surface area contributed by atoms with Crippen molar-refractivity contribution >= 4 is 5.97 Å². The molecule has 0 aromatic carbocycles. The molecule has 0 bridgehead atoms. The zero-order chi connectivity index (χ0) is 12.3. The molecule has 2 atom stereocenters. The van der Waals surface area contributed by atoms with E-state index in [0.717, 1.165) is 19.5 Å². The lowest BCUT2D eigenvalue weighted by Gasteiger charge is -2.46. The fourth-order valence-corrected chi connectivity index (χ4v) is 2.67. The lowest BCUT2D eigenvalue weighted by Crippen LogP contribution is -2.49. The molecule has 3 nitrogen and oxygen atoms in total. The van der Waals surface area contributed by atoms with Crippen LogP contribution >= 0.6 is 0 Å². The molecular weight excluding hydrogens is 202 g/mol. The van der Waals surface area contributed by atoms with E-state index in [1.54, 1.807) is 0 Å². The highest BCUT2D eigenvalue weighted by Gasteiger charge is 2.37. The van der Waals surface area contributed by atoms with Crippen LogP contribution in [0.25, 0.3) is 0 Å². The Morgan fingerprint density at radius 1 is 1.56 bits per heavy atom. The molecule has 0 aromatic rings. The minimum Gasteiger partial charge on any atom is -0.481 e. The van der Waals surface area contributed by atoms with Crippen LogP contribution in [0.3, 0.4) is 0 Å². The van der Waals surface area contributed by atoms with Crippen molar-refractivity contribution < 1.29 is 9.90 Å². The number of likely N-dealkylation sites (tertiary alicyclic amines) is 1. The van der Waals surface area contributed by atoms with E-state index in [2.05, 4.69) is 32.6 Å². The van der Waals surface area contributed by atoms with Crippen molar-refractivity contribution in [1.82, 2.24) is 4.90 Å². The fraction of sp³-hybridized carbons (Fsp3) is 0.923. The van der Waals surface area contributed by atoms with Crippen molar-refractivity contribution in [3.8, 4) is 0 Å². The average molecular weight is 227 g/mol. The average Bonchev–Trinajstić information content (AvgIpc) is 2.19. The van der Waals surface area contributed by atoms with Crippen LogP contribution in [0, 0.1) is 11.3 Å². The SMILES string of the molecule is CCC(C)N1CCC(CC(=O)O)C(C)(C)C1. The van der Waals surface area contributed by atoms with Gasteiger partial charge in [0.15, 0.2) is 0 Å². The zero-order valence-electron chi connectivity index (χ0n) is 11.0. The van der Waals surface area contributed by atoms with Gasteiger partial charge >= 0.3 is 5.97 Å². The van der Waals surface area contributed by atoms with E-state index in [4.69, 9.17) is 5.11 Å². The Morgan fingerprint density at radius 3 is 2.62 bits per heavy atom. The van der Waals surface area contributed by atoms with Crippen LogP contribution < -0.4 is 0 Å². The number of hydrogen-bond acceptors (Lipinski definition) is 2. The molecule has 1 heterocycles. The van der Waals surface area contributed by atoms with E-state index in [1.165, 1.54) is 6.42 Å². The third-order valence-corrected chi connectivity index (χ3v) is 4.12. The van der Waals surface area contributed by atoms with Gasteiger partial charge in [-0.1, -0.05) is 20.8 Å². The summed E-state index contributed by atoms with van der Waals surface area (Å²) in [5.74, 6) is -0.333. The second-order valence-electron chi connectivity index (χ2n) is 5.80. The van der Waals surface area contributed by atoms with E-state index in [0.29, 0.717) is 18.4 Å². The quantitative estimate of drug-likeness (QED) is 0.802. The molecule has 0 saturated carbocycles. The van der Waals surface area contributed by atoms with E-state index < -0.39 is 5.97 Å². The van der Waals surface area contributed by atoms with Gasteiger partial charge in [0.2, 0.25) is 0 Å². The third kappa shape index (κ3) is 3.21. The highest BCUT2D eigenvalue weighted by molar-refractivity contribution is 5.67. The van der Waals surface area contributed by atoms with Gasteiger partial charge in [-0.15, -0.1) is 0 Å². The first-order valence-electron chi connectivity index (χ1n) is 6.32. The second-order valence-corrected chi connectivity index (χ2v) is 5.80. The van der Waals surface area contributed by atoms with Crippen molar-refractivity contribution in [1.29, 1.82) is 0 Å². The van der Waals surface area contributed by atoms with Gasteiger partial charge in [-0.25, -0.2) is 0 Å². The number of rotatable bonds is 4. The summed E-state index contributed by atoms with van der Waals surface area (Å²) in [5.41, 5.74) is 0.125. The summed E-state index contributed by atoms with van der Waals surface area (Å²) < 4.78 is 0. The van der Waals surface area contributed by atoms with E-state index in [1.807, 2.05) is 0 Å². The smallest absolute Gasteiger partial charge is 0.303 e. The minimum atomic E-state index is -0.657. The standard InChI is InChI=1S/C13H25NO2/c1-5-10(2)14-7-6-11(8-12(15)16)13(3,4)9-14/h10-11H,5-9H2,1-4H3,(H,15,16). The fourth-order valence-electron chi connectivity index (χ4n) is 2.67. The highest BCUT2D eigenvalue weighted by Crippen LogP contribution is 2.37. The van der Waals surface area contributed by atoms with Gasteiger partial charge in [-0.2, -0.15) is 0 Å². The Kier molecular flexibility index (Phi) is 4.36. The molecular formula is C13H25NO2. The molecule has 3 heteroatoms. The molecule has 16 heavy (non-hydrogen) atoms. The summed E-state index contributed by atoms with van der Waals surface area (Å²) in [5, 5.41) is 8.91. The number of nitrogens with zero attached hydrogens (tertiary/aromatic N) is 1. The Balaban J connectivity index is 2.61. The minimum absolute atomic E-state index is 0.125. The molecule has 94 valence electrons. The number of aliphatic carboxylic acids is 1. The first-order chi connectivity index (χ1) is 7.36. The number of piperidine rings is 1. The predicted molar refractivity (Wildman–Crippen MR) is 65.5 cm³/mol. The summed E-state index contributed by atoms with van der Waals surface area (Å²) in [6.45, 7) is 11.0. The maximum Gasteiger partial charge on any atom is 0.303 e. The molecule has 0 radical (unpaired) electrons. The monoisotopic (exact) mass is 227 g/mol. The van der Waals surface area contributed by atoms with Gasteiger partial charge in [-0.3, -0.25) is 4.79 Å². The highest BCUT2D eigenvalue weighted by atomic mass is 16.4. The molecule has 1 aliphatic rings. The molecule has 0 aliphatic carbocycles. The van der Waals surface area contributed by atoms with Gasteiger partial charge in [0, 0.05) is 19.0 Å². The van der Waals surface area contributed by atoms with E-state index in [-0.39, 0.29) is 5.41 Å². The molecule has 1 aliphatic heterocycles. The molecule has 1 saturated heterocycles. The van der Waals surface area contributed by atoms with Crippen LogP contribution in [0.4, 0.5) is 0 Å². The maximum absolute atomic E-state index is 10.8. The third-order valence-electron chi connectivity index (χ3n) is 4.12. The largest absolute Gasteiger partial charge is 0.481 e. The van der Waals surface area contributed by atoms with Crippen LogP contribution in [0.1, 0.15) is 47.0 Å². The Hall–Kier alpha value is -0.570. The molecule has 0 spiro atoms. The molecule has 0 amide bonds. The number of hydrogen-bond donors (Lipinski definition) is 1. The molecule has 2 unspecified atom stereocenters. The molecule has 1 rings (SSSR count). The van der Waals surface area contributed by atoms with Gasteiger partial charge in [0.25, 0.3) is 0 Å². The summed E-state index contributed by atoms with van der Waals surface area (Å²) in [7, 11) is 0. The lowest BCUT2D eigenvalue weighted by atomic mass is 9.72. The summed E-state index contributed by atoms with van der Waals surface area (Å²) in [4.78, 5) is 13.3. The normalized spacial score (nSPS) is 27.6. The van der Waals surface area contributed by atoms with Gasteiger partial charge in [-0.05, 0) is 37.6 Å². The van der Waals surface area contributed by atoms with Crippen LogP contribution in [0.5, 0.6) is 0 Å². The van der Waals surface area contributed by atoms with Crippen LogP contribution in [-0.4, -0.2) is 35.1 Å². The predicted octanol–water partition coefficient (Wildman–Crippen LogP) is 2.61. The number of carbonyl (C=O) groups is 1. The first kappa shape index (κ1) is 13.5. The van der Waals surface area contributed by atoms with E-state index in [9.17, 15) is 4.79 Å². The number of carboxylic acid groups (broad SMARTS) is 1. The summed E-state index contributed by atoms with van der Waals surface area (Å²) in [6.07, 6.45) is 2.50.